The second-order valence-electron chi connectivity index (χ2n) is 7.23. The van der Waals surface area contributed by atoms with Crippen LogP contribution in [-0.4, -0.2) is 46.0 Å². The monoisotopic (exact) mass is 394 g/mol. The van der Waals surface area contributed by atoms with Crippen molar-refractivity contribution in [1.29, 1.82) is 0 Å². The number of hydrogen-bond acceptors (Lipinski definition) is 8. The molecular formula is C21H22N4O4. The molecule has 0 N–H and O–H groups in total. The van der Waals surface area contributed by atoms with Crippen molar-refractivity contribution in [3.05, 3.63) is 54.2 Å². The van der Waals surface area contributed by atoms with Crippen molar-refractivity contribution in [3.8, 4) is 22.9 Å². The zero-order valence-corrected chi connectivity index (χ0v) is 16.0. The minimum absolute atomic E-state index is 0.248. The summed E-state index contributed by atoms with van der Waals surface area (Å²) in [6.45, 7) is 3.39. The van der Waals surface area contributed by atoms with Crippen LogP contribution in [0, 0.1) is 0 Å². The fraction of sp³-hybridized carbons (Fsp3) is 0.381. The molecule has 5 rings (SSSR count). The van der Waals surface area contributed by atoms with Crippen molar-refractivity contribution in [2.75, 3.05) is 19.9 Å². The number of benzene rings is 1. The van der Waals surface area contributed by atoms with E-state index >= 15 is 0 Å². The zero-order chi connectivity index (χ0) is 19.5. The molecule has 0 unspecified atom stereocenters. The molecule has 2 aliphatic heterocycles. The van der Waals surface area contributed by atoms with Crippen molar-refractivity contribution in [1.82, 2.24) is 20.0 Å². The lowest BCUT2D eigenvalue weighted by molar-refractivity contribution is -0.00565. The summed E-state index contributed by atoms with van der Waals surface area (Å²) in [6, 6.07) is 9.62. The maximum atomic E-state index is 6.03. The number of ether oxygens (including phenoxy) is 3. The largest absolute Gasteiger partial charge is 0.454 e. The summed E-state index contributed by atoms with van der Waals surface area (Å²) in [5.41, 5.74) is 1.96. The minimum Gasteiger partial charge on any atom is -0.454 e. The molecule has 0 bridgehead atoms. The van der Waals surface area contributed by atoms with E-state index in [4.69, 9.17) is 18.7 Å². The van der Waals surface area contributed by atoms with Crippen molar-refractivity contribution in [3.63, 3.8) is 0 Å². The van der Waals surface area contributed by atoms with Gasteiger partial charge in [0.25, 0.3) is 0 Å². The lowest BCUT2D eigenvalue weighted by Crippen LogP contribution is -2.36. The Morgan fingerprint density at radius 2 is 2.00 bits per heavy atom. The highest BCUT2D eigenvalue weighted by atomic mass is 16.7. The Kier molecular flexibility index (Phi) is 5.10. The molecule has 0 radical (unpaired) electrons. The van der Waals surface area contributed by atoms with Crippen LogP contribution in [0.25, 0.3) is 11.4 Å². The van der Waals surface area contributed by atoms with Gasteiger partial charge in [0.2, 0.25) is 18.5 Å². The quantitative estimate of drug-likeness (QED) is 0.631. The molecule has 3 aromatic rings. The molecule has 8 heteroatoms. The van der Waals surface area contributed by atoms with E-state index in [9.17, 15) is 0 Å². The summed E-state index contributed by atoms with van der Waals surface area (Å²) in [7, 11) is 0. The summed E-state index contributed by atoms with van der Waals surface area (Å²) >= 11 is 0. The number of piperidine rings is 1. The van der Waals surface area contributed by atoms with Gasteiger partial charge < -0.3 is 18.7 Å². The van der Waals surface area contributed by atoms with Crippen molar-refractivity contribution >= 4 is 0 Å². The van der Waals surface area contributed by atoms with Crippen LogP contribution in [0.5, 0.6) is 11.5 Å². The van der Waals surface area contributed by atoms with Gasteiger partial charge in [-0.1, -0.05) is 11.2 Å². The Hall–Kier alpha value is -2.97. The van der Waals surface area contributed by atoms with E-state index in [0.29, 0.717) is 30.6 Å². The maximum Gasteiger partial charge on any atom is 0.241 e. The molecule has 0 saturated carbocycles. The molecule has 0 aliphatic carbocycles. The zero-order valence-electron chi connectivity index (χ0n) is 16.0. The molecule has 2 aliphatic rings. The highest BCUT2D eigenvalue weighted by Crippen LogP contribution is 2.35. The van der Waals surface area contributed by atoms with Gasteiger partial charge in [-0.15, -0.1) is 0 Å². The topological polar surface area (TPSA) is 82.7 Å². The van der Waals surface area contributed by atoms with Crippen LogP contribution < -0.4 is 9.47 Å². The number of hydrogen-bond donors (Lipinski definition) is 0. The molecule has 8 nitrogen and oxygen atoms in total. The third-order valence-electron chi connectivity index (χ3n) is 5.20. The Bertz CT molecular complexity index is 954. The van der Waals surface area contributed by atoms with E-state index in [-0.39, 0.29) is 12.9 Å². The minimum atomic E-state index is 0.248. The van der Waals surface area contributed by atoms with Crippen LogP contribution in [0.3, 0.4) is 0 Å². The molecule has 2 aromatic heterocycles. The second kappa shape index (κ2) is 8.18. The Labute approximate surface area is 168 Å². The van der Waals surface area contributed by atoms with Gasteiger partial charge in [0.1, 0.15) is 0 Å². The van der Waals surface area contributed by atoms with E-state index in [0.717, 1.165) is 42.8 Å². The van der Waals surface area contributed by atoms with Gasteiger partial charge in [-0.05, 0) is 42.7 Å². The first-order valence-corrected chi connectivity index (χ1v) is 9.79. The molecule has 1 fully saturated rings. The van der Waals surface area contributed by atoms with Crippen molar-refractivity contribution in [2.45, 2.75) is 32.1 Å². The van der Waals surface area contributed by atoms with Gasteiger partial charge in [0, 0.05) is 31.0 Å². The standard InChI is InChI=1S/C21H22N4O4/c1-2-15(11-22-7-1)13-26-17-5-8-25(9-6-17)12-20-23-21(24-29-20)16-3-4-18-19(10-16)28-14-27-18/h1-4,7,10-11,17H,5-6,8-9,12-14H2. The summed E-state index contributed by atoms with van der Waals surface area (Å²) < 4.78 is 22.2. The van der Waals surface area contributed by atoms with Gasteiger partial charge in [-0.2, -0.15) is 4.98 Å². The number of nitrogens with zero attached hydrogens (tertiary/aromatic N) is 4. The number of fused-ring (bicyclic) bond motifs is 1. The summed E-state index contributed by atoms with van der Waals surface area (Å²) in [4.78, 5) is 11.0. The lowest BCUT2D eigenvalue weighted by atomic mass is 10.1. The first-order chi connectivity index (χ1) is 14.3. The number of aromatic nitrogens is 3. The van der Waals surface area contributed by atoms with Gasteiger partial charge in [0.05, 0.1) is 19.3 Å². The summed E-state index contributed by atoms with van der Waals surface area (Å²) in [5, 5.41) is 4.12. The van der Waals surface area contributed by atoms with Crippen LogP contribution in [0.15, 0.2) is 47.2 Å². The first-order valence-electron chi connectivity index (χ1n) is 9.79. The normalized spacial score (nSPS) is 17.0. The Morgan fingerprint density at radius 1 is 1.10 bits per heavy atom. The third kappa shape index (κ3) is 4.23. The average molecular weight is 394 g/mol. The molecule has 150 valence electrons. The molecule has 0 atom stereocenters. The summed E-state index contributed by atoms with van der Waals surface area (Å²) in [6.07, 6.45) is 5.88. The Balaban J connectivity index is 1.13. The highest BCUT2D eigenvalue weighted by molar-refractivity contribution is 5.61. The molecule has 1 aromatic carbocycles. The fourth-order valence-electron chi connectivity index (χ4n) is 3.59. The predicted molar refractivity (Wildman–Crippen MR) is 103 cm³/mol. The molecule has 0 spiro atoms. The molecule has 29 heavy (non-hydrogen) atoms. The van der Waals surface area contributed by atoms with Crippen LogP contribution in [0.2, 0.25) is 0 Å². The van der Waals surface area contributed by atoms with Crippen molar-refractivity contribution < 1.29 is 18.7 Å². The van der Waals surface area contributed by atoms with E-state index < -0.39 is 0 Å². The molecule has 1 saturated heterocycles. The molecular weight excluding hydrogens is 372 g/mol. The van der Waals surface area contributed by atoms with E-state index in [1.807, 2.05) is 36.5 Å². The van der Waals surface area contributed by atoms with E-state index in [2.05, 4.69) is 20.0 Å². The first kappa shape index (κ1) is 18.1. The fourth-order valence-corrected chi connectivity index (χ4v) is 3.59. The number of pyridine rings is 1. The van der Waals surface area contributed by atoms with E-state index in [1.165, 1.54) is 0 Å². The van der Waals surface area contributed by atoms with Crippen LogP contribution >= 0.6 is 0 Å². The van der Waals surface area contributed by atoms with Crippen LogP contribution in [0.1, 0.15) is 24.3 Å². The number of rotatable bonds is 6. The van der Waals surface area contributed by atoms with E-state index in [1.54, 1.807) is 6.20 Å². The highest BCUT2D eigenvalue weighted by Gasteiger charge is 2.22. The van der Waals surface area contributed by atoms with Gasteiger partial charge in [-0.25, -0.2) is 0 Å². The number of likely N-dealkylation sites (tertiary alicyclic amines) is 1. The molecule has 0 amide bonds. The van der Waals surface area contributed by atoms with Crippen molar-refractivity contribution in [2.24, 2.45) is 0 Å². The maximum absolute atomic E-state index is 6.03. The van der Waals surface area contributed by atoms with Gasteiger partial charge >= 0.3 is 0 Å². The third-order valence-corrected chi connectivity index (χ3v) is 5.20. The van der Waals surface area contributed by atoms with Gasteiger partial charge in [-0.3, -0.25) is 9.88 Å². The lowest BCUT2D eigenvalue weighted by Gasteiger charge is -2.30. The summed E-state index contributed by atoms with van der Waals surface area (Å²) in [5.74, 6) is 2.63. The smallest absolute Gasteiger partial charge is 0.241 e. The Morgan fingerprint density at radius 3 is 2.86 bits per heavy atom. The van der Waals surface area contributed by atoms with Crippen LogP contribution in [-0.2, 0) is 17.9 Å². The molecule has 4 heterocycles. The van der Waals surface area contributed by atoms with Gasteiger partial charge in [0.15, 0.2) is 11.5 Å². The predicted octanol–water partition coefficient (Wildman–Crippen LogP) is 3.04. The SMILES string of the molecule is c1cncc(COC2CCN(Cc3nc(-c4ccc5c(c4)OCO5)no3)CC2)c1. The average Bonchev–Trinajstić information content (AvgIpc) is 3.43. The van der Waals surface area contributed by atoms with Crippen LogP contribution in [0.4, 0.5) is 0 Å². The second-order valence-corrected chi connectivity index (χ2v) is 7.23.